The highest BCUT2D eigenvalue weighted by molar-refractivity contribution is 7.98. The highest BCUT2D eigenvalue weighted by Crippen LogP contribution is 2.22. The lowest BCUT2D eigenvalue weighted by Crippen LogP contribution is -1.95. The van der Waals surface area contributed by atoms with Crippen molar-refractivity contribution in [2.75, 3.05) is 0 Å². The van der Waals surface area contributed by atoms with E-state index in [1.807, 2.05) is 12.1 Å². The number of benzene rings is 1. The van der Waals surface area contributed by atoms with Gasteiger partial charge in [-0.1, -0.05) is 23.9 Å². The summed E-state index contributed by atoms with van der Waals surface area (Å²) in [5.41, 5.74) is 2.23. The molecule has 0 spiro atoms. The number of thioether (sulfide) groups is 1. The number of hydrogen-bond acceptors (Lipinski definition) is 5. The van der Waals surface area contributed by atoms with E-state index in [1.54, 1.807) is 36.7 Å². The van der Waals surface area contributed by atoms with Crippen molar-refractivity contribution < 1.29 is 9.90 Å². The summed E-state index contributed by atoms with van der Waals surface area (Å²) >= 11 is 1.49. The summed E-state index contributed by atoms with van der Waals surface area (Å²) in [7, 11) is 0. The molecule has 0 bridgehead atoms. The Balaban J connectivity index is 1.65. The summed E-state index contributed by atoms with van der Waals surface area (Å²) in [4.78, 5) is 19.2. The van der Waals surface area contributed by atoms with Crippen LogP contribution in [0.5, 0.6) is 0 Å². The molecule has 0 aliphatic carbocycles. The largest absolute Gasteiger partial charge is 0.478 e. The number of H-pyrrole nitrogens is 1. The number of carboxylic acid groups (broad SMARTS) is 1. The zero-order valence-electron chi connectivity index (χ0n) is 11.4. The van der Waals surface area contributed by atoms with Crippen molar-refractivity contribution in [1.82, 2.24) is 20.2 Å². The lowest BCUT2D eigenvalue weighted by molar-refractivity contribution is 0.0697. The van der Waals surface area contributed by atoms with Crippen LogP contribution in [0, 0.1) is 0 Å². The van der Waals surface area contributed by atoms with Crippen LogP contribution in [0.25, 0.3) is 11.4 Å². The van der Waals surface area contributed by atoms with E-state index in [9.17, 15) is 4.79 Å². The molecule has 2 heterocycles. The highest BCUT2D eigenvalue weighted by Gasteiger charge is 2.07. The van der Waals surface area contributed by atoms with Crippen molar-refractivity contribution in [1.29, 1.82) is 0 Å². The molecule has 1 aromatic carbocycles. The Hall–Kier alpha value is -2.67. The monoisotopic (exact) mass is 312 g/mol. The van der Waals surface area contributed by atoms with Gasteiger partial charge in [-0.2, -0.15) is 0 Å². The normalized spacial score (nSPS) is 10.5. The van der Waals surface area contributed by atoms with Crippen LogP contribution in [0.15, 0.2) is 53.9 Å². The van der Waals surface area contributed by atoms with Gasteiger partial charge in [0.2, 0.25) is 5.16 Å². The number of rotatable bonds is 5. The Bertz CT molecular complexity index is 772. The number of carbonyl (C=O) groups is 1. The van der Waals surface area contributed by atoms with E-state index >= 15 is 0 Å². The van der Waals surface area contributed by atoms with Crippen LogP contribution in [0.4, 0.5) is 0 Å². The smallest absolute Gasteiger partial charge is 0.335 e. The van der Waals surface area contributed by atoms with Crippen LogP contribution in [-0.4, -0.2) is 31.2 Å². The van der Waals surface area contributed by atoms with Crippen LogP contribution in [0.3, 0.4) is 0 Å². The molecule has 6 nitrogen and oxygen atoms in total. The van der Waals surface area contributed by atoms with Crippen molar-refractivity contribution in [3.8, 4) is 11.4 Å². The maximum absolute atomic E-state index is 10.8. The Morgan fingerprint density at radius 3 is 2.55 bits per heavy atom. The fourth-order valence-corrected chi connectivity index (χ4v) is 2.60. The molecular weight excluding hydrogens is 300 g/mol. The van der Waals surface area contributed by atoms with Gasteiger partial charge in [0.25, 0.3) is 0 Å². The minimum Gasteiger partial charge on any atom is -0.478 e. The summed E-state index contributed by atoms with van der Waals surface area (Å²) in [5.74, 6) is 0.453. The lowest BCUT2D eigenvalue weighted by atomic mass is 10.1. The number of nitrogens with one attached hydrogen (secondary N) is 1. The van der Waals surface area contributed by atoms with Gasteiger partial charge in [-0.3, -0.25) is 10.1 Å². The minimum absolute atomic E-state index is 0.284. The minimum atomic E-state index is -0.921. The zero-order valence-corrected chi connectivity index (χ0v) is 12.2. The molecule has 2 N–H and O–H groups in total. The number of aromatic amines is 1. The molecule has 3 aromatic rings. The van der Waals surface area contributed by atoms with E-state index in [-0.39, 0.29) is 5.56 Å². The molecule has 7 heteroatoms. The van der Waals surface area contributed by atoms with Gasteiger partial charge in [-0.15, -0.1) is 5.10 Å². The van der Waals surface area contributed by atoms with Gasteiger partial charge in [0.15, 0.2) is 5.82 Å². The third-order valence-electron chi connectivity index (χ3n) is 2.99. The summed E-state index contributed by atoms with van der Waals surface area (Å²) in [6.45, 7) is 0. The van der Waals surface area contributed by atoms with Gasteiger partial charge < -0.3 is 5.11 Å². The predicted molar refractivity (Wildman–Crippen MR) is 82.6 cm³/mol. The molecule has 110 valence electrons. The van der Waals surface area contributed by atoms with E-state index in [0.29, 0.717) is 16.7 Å². The standard InChI is InChI=1S/C15H12N4O2S/c20-14(21)12-3-1-10(2-4-12)9-22-15-17-13(18-19-15)11-5-7-16-8-6-11/h1-8H,9H2,(H,20,21)(H,17,18,19). The molecule has 0 radical (unpaired) electrons. The molecule has 2 aromatic heterocycles. The summed E-state index contributed by atoms with van der Waals surface area (Å²) in [6, 6.07) is 10.5. The summed E-state index contributed by atoms with van der Waals surface area (Å²) in [6.07, 6.45) is 3.41. The third-order valence-corrected chi connectivity index (χ3v) is 3.91. The number of pyridine rings is 1. The second kappa shape index (κ2) is 6.40. The van der Waals surface area contributed by atoms with Gasteiger partial charge in [0.1, 0.15) is 0 Å². The van der Waals surface area contributed by atoms with Crippen LogP contribution in [0.1, 0.15) is 15.9 Å². The highest BCUT2D eigenvalue weighted by atomic mass is 32.2. The van der Waals surface area contributed by atoms with E-state index < -0.39 is 5.97 Å². The molecule has 0 unspecified atom stereocenters. The Labute approximate surface area is 130 Å². The van der Waals surface area contributed by atoms with E-state index in [1.165, 1.54) is 11.8 Å². The topological polar surface area (TPSA) is 91.8 Å². The second-order valence-electron chi connectivity index (χ2n) is 4.49. The molecule has 22 heavy (non-hydrogen) atoms. The third kappa shape index (κ3) is 3.32. The molecule has 0 aliphatic rings. The van der Waals surface area contributed by atoms with Crippen LogP contribution >= 0.6 is 11.8 Å². The average Bonchev–Trinajstić information content (AvgIpc) is 3.03. The molecule has 0 saturated heterocycles. The van der Waals surface area contributed by atoms with Crippen LogP contribution < -0.4 is 0 Å². The van der Waals surface area contributed by atoms with Gasteiger partial charge in [-0.05, 0) is 29.8 Å². The predicted octanol–water partition coefficient (Wildman–Crippen LogP) is 2.86. The summed E-state index contributed by atoms with van der Waals surface area (Å²) < 4.78 is 0. The SMILES string of the molecule is O=C(O)c1ccc(CSc2n[nH]c(-c3ccncc3)n2)cc1. The van der Waals surface area contributed by atoms with Gasteiger partial charge in [-0.25, -0.2) is 9.78 Å². The summed E-state index contributed by atoms with van der Waals surface area (Å²) in [5, 5.41) is 16.6. The number of aromatic carboxylic acids is 1. The maximum atomic E-state index is 10.8. The van der Waals surface area contributed by atoms with Crippen molar-refractivity contribution in [3.63, 3.8) is 0 Å². The molecule has 3 rings (SSSR count). The first-order chi connectivity index (χ1) is 10.7. The van der Waals surface area contributed by atoms with Gasteiger partial charge in [0.05, 0.1) is 5.56 Å². The van der Waals surface area contributed by atoms with E-state index in [4.69, 9.17) is 5.11 Å². The maximum Gasteiger partial charge on any atom is 0.335 e. The molecule has 0 fully saturated rings. The number of hydrogen-bond donors (Lipinski definition) is 2. The molecule has 0 amide bonds. The second-order valence-corrected chi connectivity index (χ2v) is 5.44. The van der Waals surface area contributed by atoms with Crippen LogP contribution in [-0.2, 0) is 5.75 Å². The first-order valence-corrected chi connectivity index (χ1v) is 7.49. The van der Waals surface area contributed by atoms with Gasteiger partial charge >= 0.3 is 5.97 Å². The van der Waals surface area contributed by atoms with Crippen molar-refractivity contribution in [2.45, 2.75) is 10.9 Å². The molecular formula is C15H12N4O2S. The fourth-order valence-electron chi connectivity index (χ4n) is 1.84. The number of aromatic nitrogens is 4. The Morgan fingerprint density at radius 2 is 1.86 bits per heavy atom. The van der Waals surface area contributed by atoms with Crippen molar-refractivity contribution in [2.24, 2.45) is 0 Å². The Kier molecular flexibility index (Phi) is 4.15. The molecule has 0 saturated carbocycles. The quantitative estimate of drug-likeness (QED) is 0.704. The molecule has 0 atom stereocenters. The Morgan fingerprint density at radius 1 is 1.14 bits per heavy atom. The molecule has 0 aliphatic heterocycles. The van der Waals surface area contributed by atoms with E-state index in [0.717, 1.165) is 11.1 Å². The van der Waals surface area contributed by atoms with Crippen molar-refractivity contribution >= 4 is 17.7 Å². The van der Waals surface area contributed by atoms with Crippen molar-refractivity contribution in [3.05, 3.63) is 59.9 Å². The first-order valence-electron chi connectivity index (χ1n) is 6.50. The van der Waals surface area contributed by atoms with E-state index in [2.05, 4.69) is 20.2 Å². The number of carboxylic acids is 1. The van der Waals surface area contributed by atoms with Gasteiger partial charge in [0, 0.05) is 23.7 Å². The first kappa shape index (κ1) is 14.3. The zero-order chi connectivity index (χ0) is 15.4. The average molecular weight is 312 g/mol. The fraction of sp³-hybridized carbons (Fsp3) is 0.0667. The lowest BCUT2D eigenvalue weighted by Gasteiger charge is -1.99. The van der Waals surface area contributed by atoms with Crippen LogP contribution in [0.2, 0.25) is 0 Å². The number of nitrogens with zero attached hydrogens (tertiary/aromatic N) is 3.